The van der Waals surface area contributed by atoms with E-state index in [0.29, 0.717) is 11.5 Å². The van der Waals surface area contributed by atoms with Gasteiger partial charge in [0, 0.05) is 17.4 Å². The Morgan fingerprint density at radius 2 is 1.31 bits per heavy atom. The van der Waals surface area contributed by atoms with Crippen molar-refractivity contribution in [2.24, 2.45) is 0 Å². The summed E-state index contributed by atoms with van der Waals surface area (Å²) in [5.41, 5.74) is 2.83. The molecule has 0 amide bonds. The summed E-state index contributed by atoms with van der Waals surface area (Å²) < 4.78 is 5.49. The highest BCUT2D eigenvalue weighted by Crippen LogP contribution is 2.38. The Bertz CT molecular complexity index is 1080. The first kappa shape index (κ1) is 19.1. The first-order valence-electron chi connectivity index (χ1n) is 9.35. The van der Waals surface area contributed by atoms with Gasteiger partial charge in [-0.2, -0.15) is 0 Å². The largest absolute Gasteiger partial charge is 0.507 e. The molecule has 0 bridgehead atoms. The summed E-state index contributed by atoms with van der Waals surface area (Å²) >= 11 is 1.59. The van der Waals surface area contributed by atoms with Crippen molar-refractivity contribution in [2.75, 3.05) is 0 Å². The van der Waals surface area contributed by atoms with Gasteiger partial charge in [-0.3, -0.25) is 0 Å². The van der Waals surface area contributed by atoms with Crippen LogP contribution in [0.5, 0.6) is 5.75 Å². The van der Waals surface area contributed by atoms with Gasteiger partial charge in [-0.1, -0.05) is 91.0 Å². The Morgan fingerprint density at radius 1 is 0.793 bits per heavy atom. The highest BCUT2D eigenvalue weighted by molar-refractivity contribution is 7.98. The van der Waals surface area contributed by atoms with E-state index in [1.165, 1.54) is 6.07 Å². The first-order valence-corrected chi connectivity index (χ1v) is 10.4. The van der Waals surface area contributed by atoms with Crippen LogP contribution in [0.2, 0.25) is 0 Å². The molecule has 0 aliphatic rings. The maximum absolute atomic E-state index is 12.6. The number of thioether (sulfide) groups is 1. The second-order valence-electron chi connectivity index (χ2n) is 6.64. The maximum atomic E-state index is 12.6. The fourth-order valence-corrected chi connectivity index (χ4v) is 4.49. The van der Waals surface area contributed by atoms with Crippen molar-refractivity contribution >= 4 is 11.8 Å². The summed E-state index contributed by atoms with van der Waals surface area (Å²) in [6.45, 7) is 0. The van der Waals surface area contributed by atoms with Crippen LogP contribution in [0.3, 0.4) is 0 Å². The lowest BCUT2D eigenvalue weighted by Crippen LogP contribution is -2.08. The van der Waals surface area contributed by atoms with Crippen LogP contribution in [0.4, 0.5) is 0 Å². The minimum atomic E-state index is -0.503. The molecule has 0 unspecified atom stereocenters. The molecule has 3 aromatic carbocycles. The van der Waals surface area contributed by atoms with Gasteiger partial charge in [0.25, 0.3) is 0 Å². The van der Waals surface area contributed by atoms with Crippen molar-refractivity contribution in [3.63, 3.8) is 0 Å². The van der Waals surface area contributed by atoms with Crippen LogP contribution in [0.25, 0.3) is 11.3 Å². The summed E-state index contributed by atoms with van der Waals surface area (Å²) in [5.74, 6) is 0.675. The van der Waals surface area contributed by atoms with Gasteiger partial charge >= 0.3 is 5.63 Å². The molecule has 1 heterocycles. The fourth-order valence-electron chi connectivity index (χ4n) is 3.19. The van der Waals surface area contributed by atoms with Crippen LogP contribution in [-0.2, 0) is 5.75 Å². The molecular weight excluding hydrogens is 380 g/mol. The number of rotatable bonds is 6. The molecule has 0 atom stereocenters. The Balaban J connectivity index is 1.62. The van der Waals surface area contributed by atoms with E-state index in [-0.39, 0.29) is 16.6 Å². The molecule has 4 heteroatoms. The van der Waals surface area contributed by atoms with E-state index in [0.717, 1.165) is 16.7 Å². The van der Waals surface area contributed by atoms with E-state index >= 15 is 0 Å². The summed E-state index contributed by atoms with van der Waals surface area (Å²) in [4.78, 5) is 12.6. The topological polar surface area (TPSA) is 50.4 Å². The van der Waals surface area contributed by atoms with E-state index in [9.17, 15) is 9.90 Å². The number of hydrogen-bond acceptors (Lipinski definition) is 4. The van der Waals surface area contributed by atoms with E-state index in [2.05, 4.69) is 24.3 Å². The molecule has 144 valence electrons. The second kappa shape index (κ2) is 8.84. The Kier molecular flexibility index (Phi) is 5.82. The lowest BCUT2D eigenvalue weighted by Gasteiger charge is -2.18. The normalized spacial score (nSPS) is 10.9. The standard InChI is InChI=1S/C25H20O3S/c26-22-16-23(18-10-4-1-5-11-18)28-25(27)21(22)17-29-24(19-12-6-2-7-13-19)20-14-8-3-9-15-20/h1-16,24,26H,17H2. The Hall–Kier alpha value is -3.24. The zero-order chi connectivity index (χ0) is 20.1. The minimum Gasteiger partial charge on any atom is -0.507 e. The van der Waals surface area contributed by atoms with Crippen LogP contribution in [-0.4, -0.2) is 5.11 Å². The van der Waals surface area contributed by atoms with Crippen molar-refractivity contribution in [1.29, 1.82) is 0 Å². The van der Waals surface area contributed by atoms with Crippen LogP contribution in [0.15, 0.2) is 106 Å². The predicted octanol–water partition coefficient (Wildman–Crippen LogP) is 6.04. The van der Waals surface area contributed by atoms with Crippen LogP contribution in [0.1, 0.15) is 21.9 Å². The lowest BCUT2D eigenvalue weighted by molar-refractivity contribution is 0.445. The van der Waals surface area contributed by atoms with Gasteiger partial charge < -0.3 is 9.52 Å². The number of aromatic hydroxyl groups is 1. The van der Waals surface area contributed by atoms with Gasteiger partial charge in [0.2, 0.25) is 0 Å². The van der Waals surface area contributed by atoms with Gasteiger partial charge in [0.15, 0.2) is 0 Å². The van der Waals surface area contributed by atoms with Crippen molar-refractivity contribution in [3.05, 3.63) is 124 Å². The predicted molar refractivity (Wildman–Crippen MR) is 118 cm³/mol. The van der Waals surface area contributed by atoms with Crippen molar-refractivity contribution in [3.8, 4) is 17.1 Å². The molecule has 4 rings (SSSR count). The molecule has 1 N–H and O–H groups in total. The molecule has 29 heavy (non-hydrogen) atoms. The third-order valence-electron chi connectivity index (χ3n) is 4.68. The Labute approximate surface area is 173 Å². The van der Waals surface area contributed by atoms with E-state index < -0.39 is 5.63 Å². The van der Waals surface area contributed by atoms with Crippen LogP contribution in [0, 0.1) is 0 Å². The summed E-state index contributed by atoms with van der Waals surface area (Å²) in [6.07, 6.45) is 0. The van der Waals surface area contributed by atoms with Gasteiger partial charge in [-0.15, -0.1) is 11.8 Å². The zero-order valence-corrected chi connectivity index (χ0v) is 16.5. The third kappa shape index (κ3) is 4.44. The summed E-state index contributed by atoms with van der Waals surface area (Å²) in [5, 5.41) is 10.6. The SMILES string of the molecule is O=c1oc(-c2ccccc2)cc(O)c1CSC(c1ccccc1)c1ccccc1. The average Bonchev–Trinajstić information content (AvgIpc) is 2.77. The van der Waals surface area contributed by atoms with Gasteiger partial charge in [-0.05, 0) is 11.1 Å². The first-order chi connectivity index (χ1) is 14.2. The molecule has 0 saturated carbocycles. The quantitative estimate of drug-likeness (QED) is 0.429. The molecule has 3 nitrogen and oxygen atoms in total. The van der Waals surface area contributed by atoms with Crippen molar-refractivity contribution < 1.29 is 9.52 Å². The molecular formula is C25H20O3S. The molecule has 0 spiro atoms. The van der Waals surface area contributed by atoms with E-state index in [1.807, 2.05) is 66.7 Å². The minimum absolute atomic E-state index is 0.0347. The van der Waals surface area contributed by atoms with Crippen molar-refractivity contribution in [2.45, 2.75) is 11.0 Å². The van der Waals surface area contributed by atoms with Gasteiger partial charge in [0.05, 0.1) is 10.8 Å². The highest BCUT2D eigenvalue weighted by atomic mass is 32.2. The van der Waals surface area contributed by atoms with Crippen LogP contribution < -0.4 is 5.63 Å². The third-order valence-corrected chi connectivity index (χ3v) is 6.02. The lowest BCUT2D eigenvalue weighted by atomic mass is 10.0. The van der Waals surface area contributed by atoms with Gasteiger partial charge in [-0.25, -0.2) is 4.79 Å². The molecule has 0 saturated heterocycles. The van der Waals surface area contributed by atoms with Crippen LogP contribution >= 0.6 is 11.8 Å². The second-order valence-corrected chi connectivity index (χ2v) is 7.73. The molecule has 0 aliphatic heterocycles. The van der Waals surface area contributed by atoms with E-state index in [1.54, 1.807) is 11.8 Å². The number of benzene rings is 3. The molecule has 0 aliphatic carbocycles. The summed E-state index contributed by atoms with van der Waals surface area (Å²) in [6, 6.07) is 31.1. The van der Waals surface area contributed by atoms with E-state index in [4.69, 9.17) is 4.42 Å². The molecule has 0 fully saturated rings. The number of hydrogen-bond donors (Lipinski definition) is 1. The Morgan fingerprint density at radius 3 is 1.83 bits per heavy atom. The van der Waals surface area contributed by atoms with Gasteiger partial charge in [0.1, 0.15) is 11.5 Å². The summed E-state index contributed by atoms with van der Waals surface area (Å²) in [7, 11) is 0. The average molecular weight is 400 g/mol. The smallest absolute Gasteiger partial charge is 0.344 e. The molecule has 4 aromatic rings. The highest BCUT2D eigenvalue weighted by Gasteiger charge is 2.18. The zero-order valence-electron chi connectivity index (χ0n) is 15.7. The molecule has 0 radical (unpaired) electrons. The monoisotopic (exact) mass is 400 g/mol. The maximum Gasteiger partial charge on any atom is 0.344 e. The van der Waals surface area contributed by atoms with Crippen molar-refractivity contribution in [1.82, 2.24) is 0 Å². The molecule has 1 aromatic heterocycles. The fraction of sp³-hybridized carbons (Fsp3) is 0.0800.